The van der Waals surface area contributed by atoms with Crippen LogP contribution in [-0.4, -0.2) is 15.4 Å². The highest BCUT2D eigenvalue weighted by molar-refractivity contribution is 6.35. The number of alkyl halides is 1. The fraction of sp³-hybridized carbons (Fsp3) is 0.188. The van der Waals surface area contributed by atoms with Crippen molar-refractivity contribution in [2.45, 2.75) is 13.0 Å². The zero-order valence-corrected chi connectivity index (χ0v) is 13.5. The highest BCUT2D eigenvalue weighted by atomic mass is 35.5. The first-order chi connectivity index (χ1) is 10.2. The van der Waals surface area contributed by atoms with Crippen LogP contribution in [-0.2, 0) is 13.0 Å². The summed E-state index contributed by atoms with van der Waals surface area (Å²) in [6.45, 7) is 0.674. The summed E-state index contributed by atoms with van der Waals surface area (Å²) in [6.07, 6.45) is 0.702. The Morgan fingerprint density at radius 1 is 1.05 bits per heavy atom. The minimum Gasteiger partial charge on any atom is -0.322 e. The molecule has 3 rings (SSSR count). The van der Waals surface area contributed by atoms with Gasteiger partial charge in [0.05, 0.1) is 16.1 Å². The van der Waals surface area contributed by atoms with Crippen molar-refractivity contribution >= 4 is 45.8 Å². The Hall–Kier alpha value is -1.22. The van der Waals surface area contributed by atoms with Gasteiger partial charge in [-0.3, -0.25) is 0 Å². The monoisotopic (exact) mass is 338 g/mol. The molecule has 0 amide bonds. The Labute approximate surface area is 138 Å². The van der Waals surface area contributed by atoms with Crippen LogP contribution in [0.3, 0.4) is 0 Å². The number of hydrogen-bond acceptors (Lipinski definition) is 1. The molecule has 5 heteroatoms. The van der Waals surface area contributed by atoms with Crippen molar-refractivity contribution in [3.05, 3.63) is 63.9 Å². The van der Waals surface area contributed by atoms with Gasteiger partial charge in [0.25, 0.3) is 0 Å². The van der Waals surface area contributed by atoms with Crippen molar-refractivity contribution in [3.8, 4) is 0 Å². The molecule has 0 N–H and O–H groups in total. The predicted octanol–water partition coefficient (Wildman–Crippen LogP) is 5.17. The Bertz CT molecular complexity index is 780. The lowest BCUT2D eigenvalue weighted by Gasteiger charge is -2.10. The maximum Gasteiger partial charge on any atom is 0.111 e. The second-order valence-corrected chi connectivity index (χ2v) is 6.01. The van der Waals surface area contributed by atoms with Crippen molar-refractivity contribution in [1.82, 2.24) is 9.55 Å². The lowest BCUT2D eigenvalue weighted by molar-refractivity contribution is 0.755. The number of fused-ring (bicyclic) bond motifs is 1. The van der Waals surface area contributed by atoms with Gasteiger partial charge >= 0.3 is 0 Å². The SMILES string of the molecule is ClCCc1nc2cccc(Cl)c2n1Cc1cccc(Cl)c1. The van der Waals surface area contributed by atoms with Crippen LogP contribution in [0.2, 0.25) is 10.0 Å². The molecule has 0 aliphatic heterocycles. The first-order valence-electron chi connectivity index (χ1n) is 6.63. The maximum atomic E-state index is 6.35. The number of aromatic nitrogens is 2. The fourth-order valence-electron chi connectivity index (χ4n) is 2.45. The van der Waals surface area contributed by atoms with Gasteiger partial charge in [-0.25, -0.2) is 4.98 Å². The minimum absolute atomic E-state index is 0.524. The van der Waals surface area contributed by atoms with Crippen LogP contribution >= 0.6 is 34.8 Å². The molecule has 0 aliphatic rings. The van der Waals surface area contributed by atoms with E-state index in [4.69, 9.17) is 34.8 Å². The van der Waals surface area contributed by atoms with E-state index in [0.717, 1.165) is 27.4 Å². The molecule has 1 aromatic heterocycles. The summed E-state index contributed by atoms with van der Waals surface area (Å²) in [4.78, 5) is 4.64. The number of benzene rings is 2. The summed E-state index contributed by atoms with van der Waals surface area (Å²) >= 11 is 18.3. The van der Waals surface area contributed by atoms with Gasteiger partial charge in [0, 0.05) is 23.9 Å². The molecule has 0 unspecified atom stereocenters. The van der Waals surface area contributed by atoms with Crippen molar-refractivity contribution in [1.29, 1.82) is 0 Å². The largest absolute Gasteiger partial charge is 0.322 e. The molecule has 0 saturated carbocycles. The molecule has 0 aliphatic carbocycles. The van der Waals surface area contributed by atoms with Crippen LogP contribution in [0, 0.1) is 0 Å². The van der Waals surface area contributed by atoms with Gasteiger partial charge < -0.3 is 4.57 Å². The molecule has 108 valence electrons. The molecular formula is C16H13Cl3N2. The number of aryl methyl sites for hydroxylation is 1. The van der Waals surface area contributed by atoms with Crippen LogP contribution in [0.5, 0.6) is 0 Å². The summed E-state index contributed by atoms with van der Waals surface area (Å²) in [5.74, 6) is 1.46. The fourth-order valence-corrected chi connectivity index (χ4v) is 3.11. The van der Waals surface area contributed by atoms with Gasteiger partial charge in [-0.15, -0.1) is 11.6 Å². The lowest BCUT2D eigenvalue weighted by Crippen LogP contribution is -2.06. The molecule has 0 fully saturated rings. The van der Waals surface area contributed by atoms with Crippen molar-refractivity contribution < 1.29 is 0 Å². The molecule has 0 spiro atoms. The van der Waals surface area contributed by atoms with Crippen LogP contribution in [0.4, 0.5) is 0 Å². The molecule has 0 saturated heterocycles. The van der Waals surface area contributed by atoms with Crippen molar-refractivity contribution in [2.75, 3.05) is 5.88 Å². The molecule has 1 heterocycles. The van der Waals surface area contributed by atoms with E-state index in [1.54, 1.807) is 0 Å². The normalized spacial score (nSPS) is 11.2. The summed E-state index contributed by atoms with van der Waals surface area (Å²) < 4.78 is 2.12. The zero-order valence-electron chi connectivity index (χ0n) is 11.2. The van der Waals surface area contributed by atoms with Crippen LogP contribution in [0.25, 0.3) is 11.0 Å². The number of imidazole rings is 1. The first-order valence-corrected chi connectivity index (χ1v) is 7.92. The quantitative estimate of drug-likeness (QED) is 0.599. The van der Waals surface area contributed by atoms with Crippen molar-refractivity contribution in [2.24, 2.45) is 0 Å². The number of rotatable bonds is 4. The Balaban J connectivity index is 2.12. The van der Waals surface area contributed by atoms with Gasteiger partial charge in [-0.1, -0.05) is 41.4 Å². The summed E-state index contributed by atoms with van der Waals surface area (Å²) in [6, 6.07) is 13.6. The Morgan fingerprint density at radius 3 is 2.62 bits per heavy atom. The van der Waals surface area contributed by atoms with E-state index in [0.29, 0.717) is 23.9 Å². The van der Waals surface area contributed by atoms with E-state index in [9.17, 15) is 0 Å². The van der Waals surface area contributed by atoms with Crippen LogP contribution in [0.1, 0.15) is 11.4 Å². The van der Waals surface area contributed by atoms with Gasteiger partial charge in [0.1, 0.15) is 5.82 Å². The number of nitrogens with zero attached hydrogens (tertiary/aromatic N) is 2. The average molecular weight is 340 g/mol. The molecule has 2 aromatic carbocycles. The summed E-state index contributed by atoms with van der Waals surface area (Å²) in [5.41, 5.74) is 2.95. The van der Waals surface area contributed by atoms with Gasteiger partial charge in [0.2, 0.25) is 0 Å². The highest BCUT2D eigenvalue weighted by Crippen LogP contribution is 2.26. The van der Waals surface area contributed by atoms with E-state index in [2.05, 4.69) is 9.55 Å². The molecular weight excluding hydrogens is 327 g/mol. The Kier molecular flexibility index (Phi) is 4.39. The third-order valence-electron chi connectivity index (χ3n) is 3.34. The van der Waals surface area contributed by atoms with E-state index in [1.165, 1.54) is 0 Å². The van der Waals surface area contributed by atoms with Crippen LogP contribution < -0.4 is 0 Å². The zero-order chi connectivity index (χ0) is 14.8. The number of halogens is 3. The maximum absolute atomic E-state index is 6.35. The molecule has 0 bridgehead atoms. The highest BCUT2D eigenvalue weighted by Gasteiger charge is 2.13. The molecule has 3 aromatic rings. The van der Waals surface area contributed by atoms with E-state index < -0.39 is 0 Å². The van der Waals surface area contributed by atoms with E-state index in [-0.39, 0.29) is 0 Å². The predicted molar refractivity (Wildman–Crippen MR) is 89.7 cm³/mol. The molecule has 2 nitrogen and oxygen atoms in total. The van der Waals surface area contributed by atoms with Gasteiger partial charge in [-0.2, -0.15) is 0 Å². The third kappa shape index (κ3) is 3.03. The summed E-state index contributed by atoms with van der Waals surface area (Å²) in [5, 5.41) is 1.42. The second-order valence-electron chi connectivity index (χ2n) is 4.79. The van der Waals surface area contributed by atoms with Gasteiger partial charge in [-0.05, 0) is 29.8 Å². The van der Waals surface area contributed by atoms with E-state index in [1.807, 2.05) is 42.5 Å². The Morgan fingerprint density at radius 2 is 1.86 bits per heavy atom. The first kappa shape index (κ1) is 14.7. The third-order valence-corrected chi connectivity index (χ3v) is 4.07. The van der Waals surface area contributed by atoms with Crippen LogP contribution in [0.15, 0.2) is 42.5 Å². The molecule has 0 atom stereocenters. The second kappa shape index (κ2) is 6.27. The average Bonchev–Trinajstić information content (AvgIpc) is 2.79. The smallest absolute Gasteiger partial charge is 0.111 e. The van der Waals surface area contributed by atoms with Gasteiger partial charge in [0.15, 0.2) is 0 Å². The molecule has 21 heavy (non-hydrogen) atoms. The topological polar surface area (TPSA) is 17.8 Å². The van der Waals surface area contributed by atoms with Crippen molar-refractivity contribution in [3.63, 3.8) is 0 Å². The number of hydrogen-bond donors (Lipinski definition) is 0. The standard InChI is InChI=1S/C16H13Cl3N2/c17-8-7-15-20-14-6-2-5-13(19)16(14)21(15)10-11-3-1-4-12(18)9-11/h1-6,9H,7-8,10H2. The van der Waals surface area contributed by atoms with E-state index >= 15 is 0 Å². The molecule has 0 radical (unpaired) electrons. The summed E-state index contributed by atoms with van der Waals surface area (Å²) in [7, 11) is 0. The minimum atomic E-state index is 0.524. The lowest BCUT2D eigenvalue weighted by atomic mass is 10.2. The number of para-hydroxylation sites is 1.